The summed E-state index contributed by atoms with van der Waals surface area (Å²) in [6.45, 7) is 3.90. The van der Waals surface area contributed by atoms with Crippen LogP contribution in [0, 0.1) is 5.82 Å². The van der Waals surface area contributed by atoms with Gasteiger partial charge in [0.15, 0.2) is 11.6 Å². The van der Waals surface area contributed by atoms with Gasteiger partial charge in [0.1, 0.15) is 5.75 Å². The zero-order chi connectivity index (χ0) is 14.5. The number of ether oxygens (including phenoxy) is 1. The van der Waals surface area contributed by atoms with Crippen LogP contribution in [0.4, 0.5) is 21.8 Å². The SMILES string of the molecule is CC(C)Oc1ccc(Nc2nc(NN)ncc2F)cc1. The van der Waals surface area contributed by atoms with Crippen molar-refractivity contribution in [3.8, 4) is 5.75 Å². The van der Waals surface area contributed by atoms with Crippen LogP contribution in [0.15, 0.2) is 30.5 Å². The monoisotopic (exact) mass is 277 g/mol. The van der Waals surface area contributed by atoms with Crippen molar-refractivity contribution in [1.29, 1.82) is 0 Å². The molecule has 0 radical (unpaired) electrons. The lowest BCUT2D eigenvalue weighted by Gasteiger charge is -2.11. The molecule has 0 unspecified atom stereocenters. The van der Waals surface area contributed by atoms with E-state index in [1.54, 1.807) is 24.3 Å². The second-order valence-electron chi connectivity index (χ2n) is 4.35. The highest BCUT2D eigenvalue weighted by Gasteiger charge is 2.07. The molecule has 0 aliphatic rings. The predicted octanol–water partition coefficient (Wildman–Crippen LogP) is 2.43. The lowest BCUT2D eigenvalue weighted by molar-refractivity contribution is 0.242. The van der Waals surface area contributed by atoms with Crippen LogP contribution in [0.2, 0.25) is 0 Å². The third-order valence-electron chi connectivity index (χ3n) is 2.36. The Morgan fingerprint density at radius 1 is 1.25 bits per heavy atom. The topological polar surface area (TPSA) is 85.1 Å². The normalized spacial score (nSPS) is 10.4. The quantitative estimate of drug-likeness (QED) is 0.575. The maximum Gasteiger partial charge on any atom is 0.239 e. The second kappa shape index (κ2) is 6.16. The van der Waals surface area contributed by atoms with Gasteiger partial charge in [0.2, 0.25) is 5.95 Å². The second-order valence-corrected chi connectivity index (χ2v) is 4.35. The number of rotatable bonds is 5. The van der Waals surface area contributed by atoms with Gasteiger partial charge < -0.3 is 10.1 Å². The van der Waals surface area contributed by atoms with Gasteiger partial charge in [-0.3, -0.25) is 5.43 Å². The van der Waals surface area contributed by atoms with Crippen molar-refractivity contribution in [2.75, 3.05) is 10.7 Å². The Hall–Kier alpha value is -2.41. The number of nitrogens with zero attached hydrogens (tertiary/aromatic N) is 2. The fourth-order valence-electron chi connectivity index (χ4n) is 1.55. The average Bonchev–Trinajstić information content (AvgIpc) is 2.43. The number of nitrogens with one attached hydrogen (secondary N) is 2. The lowest BCUT2D eigenvalue weighted by atomic mass is 10.3. The average molecular weight is 277 g/mol. The summed E-state index contributed by atoms with van der Waals surface area (Å²) in [6.07, 6.45) is 1.15. The van der Waals surface area contributed by atoms with Gasteiger partial charge in [-0.2, -0.15) is 4.98 Å². The maximum absolute atomic E-state index is 13.6. The zero-order valence-corrected chi connectivity index (χ0v) is 11.2. The van der Waals surface area contributed by atoms with E-state index in [9.17, 15) is 4.39 Å². The van der Waals surface area contributed by atoms with Crippen LogP contribution >= 0.6 is 0 Å². The van der Waals surface area contributed by atoms with Crippen molar-refractivity contribution in [2.45, 2.75) is 20.0 Å². The number of anilines is 3. The summed E-state index contributed by atoms with van der Waals surface area (Å²) >= 11 is 0. The predicted molar refractivity (Wildman–Crippen MR) is 75.3 cm³/mol. The van der Waals surface area contributed by atoms with E-state index in [1.165, 1.54) is 0 Å². The van der Waals surface area contributed by atoms with E-state index in [2.05, 4.69) is 20.7 Å². The van der Waals surface area contributed by atoms with E-state index in [0.29, 0.717) is 5.69 Å². The number of hydrogen-bond acceptors (Lipinski definition) is 6. The molecule has 7 heteroatoms. The molecule has 20 heavy (non-hydrogen) atoms. The smallest absolute Gasteiger partial charge is 0.239 e. The number of hydrogen-bond donors (Lipinski definition) is 3. The molecule has 1 aromatic heterocycles. The summed E-state index contributed by atoms with van der Waals surface area (Å²) in [4.78, 5) is 7.56. The van der Waals surface area contributed by atoms with Crippen LogP contribution in [-0.2, 0) is 0 Å². The highest BCUT2D eigenvalue weighted by Crippen LogP contribution is 2.21. The van der Waals surface area contributed by atoms with Crippen LogP contribution in [0.25, 0.3) is 0 Å². The summed E-state index contributed by atoms with van der Waals surface area (Å²) in [6, 6.07) is 7.14. The summed E-state index contributed by atoms with van der Waals surface area (Å²) in [5, 5.41) is 2.85. The van der Waals surface area contributed by atoms with Gasteiger partial charge in [0.05, 0.1) is 12.3 Å². The first-order valence-corrected chi connectivity index (χ1v) is 6.11. The molecule has 1 heterocycles. The minimum Gasteiger partial charge on any atom is -0.491 e. The van der Waals surface area contributed by atoms with Crippen molar-refractivity contribution in [2.24, 2.45) is 5.84 Å². The molecule has 0 aliphatic heterocycles. The third kappa shape index (κ3) is 3.55. The largest absolute Gasteiger partial charge is 0.491 e. The molecule has 0 saturated heterocycles. The van der Waals surface area contributed by atoms with E-state index in [-0.39, 0.29) is 17.9 Å². The van der Waals surface area contributed by atoms with E-state index in [1.807, 2.05) is 13.8 Å². The third-order valence-corrected chi connectivity index (χ3v) is 2.36. The number of nitrogens with two attached hydrogens (primary N) is 1. The van der Waals surface area contributed by atoms with Gasteiger partial charge in [0.25, 0.3) is 0 Å². The first kappa shape index (κ1) is 14.0. The van der Waals surface area contributed by atoms with E-state index in [0.717, 1.165) is 11.9 Å². The molecule has 6 nitrogen and oxygen atoms in total. The molecule has 0 spiro atoms. The van der Waals surface area contributed by atoms with Crippen molar-refractivity contribution < 1.29 is 9.13 Å². The first-order chi connectivity index (χ1) is 9.58. The first-order valence-electron chi connectivity index (χ1n) is 6.11. The van der Waals surface area contributed by atoms with Crippen molar-refractivity contribution in [1.82, 2.24) is 9.97 Å². The molecule has 4 N–H and O–H groups in total. The van der Waals surface area contributed by atoms with Crippen molar-refractivity contribution in [3.05, 3.63) is 36.3 Å². The molecule has 2 rings (SSSR count). The molecular weight excluding hydrogens is 261 g/mol. The Labute approximate surface area is 116 Å². The van der Waals surface area contributed by atoms with E-state index in [4.69, 9.17) is 10.6 Å². The van der Waals surface area contributed by atoms with Crippen molar-refractivity contribution >= 4 is 17.5 Å². The Balaban J connectivity index is 2.13. The Morgan fingerprint density at radius 2 is 1.95 bits per heavy atom. The van der Waals surface area contributed by atoms with E-state index >= 15 is 0 Å². The minimum absolute atomic E-state index is 0.0467. The molecule has 0 aliphatic carbocycles. The molecular formula is C13H16FN5O. The summed E-state index contributed by atoms with van der Waals surface area (Å²) in [7, 11) is 0. The van der Waals surface area contributed by atoms with Crippen LogP contribution in [0.5, 0.6) is 5.75 Å². The van der Waals surface area contributed by atoms with Gasteiger partial charge in [-0.15, -0.1) is 0 Å². The van der Waals surface area contributed by atoms with E-state index < -0.39 is 5.82 Å². The summed E-state index contributed by atoms with van der Waals surface area (Å²) < 4.78 is 19.1. The van der Waals surface area contributed by atoms with Crippen LogP contribution in [0.3, 0.4) is 0 Å². The molecule has 2 aromatic rings. The van der Waals surface area contributed by atoms with Gasteiger partial charge in [-0.25, -0.2) is 15.2 Å². The van der Waals surface area contributed by atoms with Gasteiger partial charge in [0, 0.05) is 5.69 Å². The molecule has 0 atom stereocenters. The highest BCUT2D eigenvalue weighted by atomic mass is 19.1. The number of aromatic nitrogens is 2. The summed E-state index contributed by atoms with van der Waals surface area (Å²) in [5.74, 6) is 5.55. The van der Waals surface area contributed by atoms with Crippen LogP contribution in [-0.4, -0.2) is 16.1 Å². The fraction of sp³-hybridized carbons (Fsp3) is 0.231. The number of nitrogen functional groups attached to an aromatic ring is 1. The minimum atomic E-state index is -0.563. The van der Waals surface area contributed by atoms with Gasteiger partial charge in [-0.05, 0) is 38.1 Å². The number of hydrazine groups is 1. The molecule has 0 fully saturated rings. The Bertz CT molecular complexity index is 573. The molecule has 1 aromatic carbocycles. The number of benzene rings is 1. The maximum atomic E-state index is 13.6. The zero-order valence-electron chi connectivity index (χ0n) is 11.2. The molecule has 106 valence electrons. The van der Waals surface area contributed by atoms with Crippen LogP contribution < -0.4 is 21.3 Å². The van der Waals surface area contributed by atoms with Gasteiger partial charge in [-0.1, -0.05) is 0 Å². The summed E-state index contributed by atoms with van der Waals surface area (Å²) in [5.41, 5.74) is 2.94. The van der Waals surface area contributed by atoms with Gasteiger partial charge >= 0.3 is 0 Å². The molecule has 0 bridgehead atoms. The highest BCUT2D eigenvalue weighted by molar-refractivity contribution is 5.58. The number of halogens is 1. The Kier molecular flexibility index (Phi) is 4.31. The molecule has 0 amide bonds. The van der Waals surface area contributed by atoms with Crippen LogP contribution in [0.1, 0.15) is 13.8 Å². The molecule has 0 saturated carbocycles. The Morgan fingerprint density at radius 3 is 2.55 bits per heavy atom. The standard InChI is InChI=1S/C13H16FN5O/c1-8(2)20-10-5-3-9(4-6-10)17-12-11(14)7-16-13(18-12)19-15/h3-8H,15H2,1-2H3,(H2,16,17,18,19). The van der Waals surface area contributed by atoms with Crippen molar-refractivity contribution in [3.63, 3.8) is 0 Å². The fourth-order valence-corrected chi connectivity index (χ4v) is 1.55. The lowest BCUT2D eigenvalue weighted by Crippen LogP contribution is -2.12.